The van der Waals surface area contributed by atoms with Crippen molar-refractivity contribution in [2.45, 2.75) is 58.8 Å². The first-order valence-corrected chi connectivity index (χ1v) is 11.8. The van der Waals surface area contributed by atoms with Crippen LogP contribution in [0.4, 0.5) is 0 Å². The van der Waals surface area contributed by atoms with Crippen molar-refractivity contribution in [3.8, 4) is 11.5 Å². The molecule has 3 atom stereocenters. The second-order valence-electron chi connectivity index (χ2n) is 8.17. The summed E-state index contributed by atoms with van der Waals surface area (Å²) in [7, 11) is 1.38. The zero-order valence-corrected chi connectivity index (χ0v) is 21.1. The SMILES string of the molecule is CCC(CC)[C@@H](Oc1ccc(Cl)cc1)[C@H](C)OC(=O)[C@H](C)n1c(=O)oc2c(OC)ccnc2c1=O. The molecule has 3 rings (SSSR count). The molecule has 188 valence electrons. The van der Waals surface area contributed by atoms with E-state index in [-0.39, 0.29) is 22.8 Å². The standard InChI is InChI=1S/C25H29ClN2O7/c1-6-16(7-2)21(34-18-10-8-17(26)9-11-18)15(4)33-24(30)14(3)28-23(29)20-22(35-25(28)31)19(32-5)12-13-27-20/h8-16,21H,6-7H2,1-5H3/t14-,15-,21-/m0/s1. The molecule has 0 N–H and O–H groups in total. The molecule has 0 unspecified atom stereocenters. The van der Waals surface area contributed by atoms with E-state index in [2.05, 4.69) is 4.98 Å². The molecule has 3 aromatic rings. The van der Waals surface area contributed by atoms with E-state index in [9.17, 15) is 14.4 Å². The van der Waals surface area contributed by atoms with E-state index in [1.54, 1.807) is 31.2 Å². The quantitative estimate of drug-likeness (QED) is 0.374. The van der Waals surface area contributed by atoms with Crippen molar-refractivity contribution < 1.29 is 23.4 Å². The average molecular weight is 505 g/mol. The summed E-state index contributed by atoms with van der Waals surface area (Å²) in [6.45, 7) is 7.18. The van der Waals surface area contributed by atoms with Crippen LogP contribution < -0.4 is 20.8 Å². The number of nitrogens with zero attached hydrogens (tertiary/aromatic N) is 2. The van der Waals surface area contributed by atoms with Gasteiger partial charge in [0.1, 0.15) is 24.0 Å². The Balaban J connectivity index is 1.87. The maximum atomic E-state index is 13.0. The topological polar surface area (TPSA) is 110 Å². The minimum atomic E-state index is -1.25. The van der Waals surface area contributed by atoms with E-state index in [4.69, 9.17) is 30.2 Å². The van der Waals surface area contributed by atoms with E-state index < -0.39 is 35.5 Å². The summed E-state index contributed by atoms with van der Waals surface area (Å²) in [5, 5.41) is 0.580. The molecule has 0 amide bonds. The van der Waals surface area contributed by atoms with E-state index in [1.165, 1.54) is 26.3 Å². The molecule has 0 aliphatic carbocycles. The third-order valence-electron chi connectivity index (χ3n) is 5.99. The van der Waals surface area contributed by atoms with Crippen LogP contribution in [0.1, 0.15) is 46.6 Å². The fourth-order valence-electron chi connectivity index (χ4n) is 3.96. The molecule has 0 aliphatic heterocycles. The minimum absolute atomic E-state index is 0.0830. The van der Waals surface area contributed by atoms with E-state index >= 15 is 0 Å². The predicted molar refractivity (Wildman–Crippen MR) is 131 cm³/mol. The number of rotatable bonds is 10. The highest BCUT2D eigenvalue weighted by atomic mass is 35.5. The number of pyridine rings is 1. The van der Waals surface area contributed by atoms with Gasteiger partial charge in [0.15, 0.2) is 11.3 Å². The molecule has 2 aromatic heterocycles. The molecular weight excluding hydrogens is 476 g/mol. The smallest absolute Gasteiger partial charge is 0.423 e. The summed E-state index contributed by atoms with van der Waals surface area (Å²) >= 11 is 5.97. The highest BCUT2D eigenvalue weighted by Crippen LogP contribution is 2.26. The molecular formula is C25H29ClN2O7. The number of carbonyl (C=O) groups is 1. The molecule has 0 aliphatic rings. The molecule has 1 aromatic carbocycles. The average Bonchev–Trinajstić information content (AvgIpc) is 2.84. The zero-order valence-electron chi connectivity index (χ0n) is 20.3. The minimum Gasteiger partial charge on any atom is -0.493 e. The largest absolute Gasteiger partial charge is 0.493 e. The molecule has 0 spiro atoms. The number of carbonyl (C=O) groups excluding carboxylic acids is 1. The van der Waals surface area contributed by atoms with Gasteiger partial charge in [-0.15, -0.1) is 0 Å². The van der Waals surface area contributed by atoms with Gasteiger partial charge in [0.2, 0.25) is 5.58 Å². The summed E-state index contributed by atoms with van der Waals surface area (Å²) in [6.07, 6.45) is 1.82. The van der Waals surface area contributed by atoms with Crippen LogP contribution in [-0.4, -0.2) is 34.8 Å². The Labute approximate surface area is 207 Å². The van der Waals surface area contributed by atoms with Gasteiger partial charge in [-0.1, -0.05) is 25.4 Å². The van der Waals surface area contributed by atoms with Gasteiger partial charge in [-0.3, -0.25) is 4.79 Å². The van der Waals surface area contributed by atoms with Gasteiger partial charge in [0, 0.05) is 17.3 Å². The first kappa shape index (κ1) is 26.3. The van der Waals surface area contributed by atoms with Gasteiger partial charge in [-0.25, -0.2) is 19.1 Å². The number of hydrogen-bond donors (Lipinski definition) is 0. The fraction of sp³-hybridized carbons (Fsp3) is 0.440. The summed E-state index contributed by atoms with van der Waals surface area (Å²) in [4.78, 5) is 42.7. The molecule has 0 radical (unpaired) electrons. The second-order valence-corrected chi connectivity index (χ2v) is 8.60. The van der Waals surface area contributed by atoms with Crippen molar-refractivity contribution in [2.24, 2.45) is 5.92 Å². The number of esters is 1. The predicted octanol–water partition coefficient (Wildman–Crippen LogP) is 4.39. The number of hydrogen-bond acceptors (Lipinski definition) is 8. The third kappa shape index (κ3) is 5.67. The van der Waals surface area contributed by atoms with Gasteiger partial charge in [-0.05, 0) is 56.9 Å². The maximum absolute atomic E-state index is 13.0. The number of fused-ring (bicyclic) bond motifs is 1. The molecule has 0 saturated heterocycles. The second kappa shape index (κ2) is 11.4. The summed E-state index contributed by atoms with van der Waals surface area (Å²) in [6, 6.07) is 7.14. The normalized spacial score (nSPS) is 13.9. The Kier molecular flexibility index (Phi) is 8.56. The third-order valence-corrected chi connectivity index (χ3v) is 6.24. The number of methoxy groups -OCH3 is 1. The number of aromatic nitrogens is 2. The lowest BCUT2D eigenvalue weighted by atomic mass is 9.93. The lowest BCUT2D eigenvalue weighted by Gasteiger charge is -2.31. The van der Waals surface area contributed by atoms with Crippen LogP contribution in [0.2, 0.25) is 5.02 Å². The van der Waals surface area contributed by atoms with Crippen LogP contribution in [0.15, 0.2) is 50.5 Å². The lowest BCUT2D eigenvalue weighted by Crippen LogP contribution is -2.43. The molecule has 0 fully saturated rings. The molecule has 0 saturated carbocycles. The van der Waals surface area contributed by atoms with Gasteiger partial charge < -0.3 is 18.6 Å². The Bertz CT molecular complexity index is 1280. The zero-order chi connectivity index (χ0) is 25.7. The van der Waals surface area contributed by atoms with Crippen molar-refractivity contribution in [1.29, 1.82) is 0 Å². The molecule has 9 nitrogen and oxygen atoms in total. The number of halogens is 1. The van der Waals surface area contributed by atoms with Gasteiger partial charge in [0.25, 0.3) is 5.56 Å². The van der Waals surface area contributed by atoms with Gasteiger partial charge in [0.05, 0.1) is 7.11 Å². The van der Waals surface area contributed by atoms with Crippen LogP contribution in [0.5, 0.6) is 11.5 Å². The molecule has 2 heterocycles. The summed E-state index contributed by atoms with van der Waals surface area (Å²) in [5.74, 6) is -0.917. The van der Waals surface area contributed by atoms with Crippen molar-refractivity contribution in [2.75, 3.05) is 7.11 Å². The summed E-state index contributed by atoms with van der Waals surface area (Å²) < 4.78 is 23.0. The Morgan fingerprint density at radius 2 is 1.77 bits per heavy atom. The number of benzene rings is 1. The van der Waals surface area contributed by atoms with Gasteiger partial charge >= 0.3 is 11.7 Å². The van der Waals surface area contributed by atoms with Crippen LogP contribution in [0.3, 0.4) is 0 Å². The van der Waals surface area contributed by atoms with E-state index in [1.807, 2.05) is 13.8 Å². The van der Waals surface area contributed by atoms with Crippen LogP contribution >= 0.6 is 11.6 Å². The Morgan fingerprint density at radius 1 is 1.11 bits per heavy atom. The molecule has 10 heteroatoms. The lowest BCUT2D eigenvalue weighted by molar-refractivity contribution is -0.158. The van der Waals surface area contributed by atoms with E-state index in [0.29, 0.717) is 15.3 Å². The van der Waals surface area contributed by atoms with Crippen molar-refractivity contribution in [1.82, 2.24) is 9.55 Å². The molecule has 0 bridgehead atoms. The Hall–Kier alpha value is -3.33. The highest BCUT2D eigenvalue weighted by molar-refractivity contribution is 6.30. The summed E-state index contributed by atoms with van der Waals surface area (Å²) in [5.41, 5.74) is -0.987. The monoisotopic (exact) mass is 504 g/mol. The van der Waals surface area contributed by atoms with Crippen LogP contribution in [-0.2, 0) is 9.53 Å². The molecule has 35 heavy (non-hydrogen) atoms. The highest BCUT2D eigenvalue weighted by Gasteiger charge is 2.32. The van der Waals surface area contributed by atoms with Crippen molar-refractivity contribution in [3.63, 3.8) is 0 Å². The van der Waals surface area contributed by atoms with Gasteiger partial charge in [-0.2, -0.15) is 0 Å². The van der Waals surface area contributed by atoms with Crippen LogP contribution in [0.25, 0.3) is 11.1 Å². The van der Waals surface area contributed by atoms with E-state index in [0.717, 1.165) is 12.8 Å². The Morgan fingerprint density at radius 3 is 2.37 bits per heavy atom. The van der Waals surface area contributed by atoms with Crippen LogP contribution in [0, 0.1) is 5.92 Å². The van der Waals surface area contributed by atoms with Crippen molar-refractivity contribution >= 4 is 28.7 Å². The first-order valence-electron chi connectivity index (χ1n) is 11.4. The van der Waals surface area contributed by atoms with Crippen molar-refractivity contribution in [3.05, 3.63) is 62.5 Å². The fourth-order valence-corrected chi connectivity index (χ4v) is 4.09. The first-order chi connectivity index (χ1) is 16.7. The number of ether oxygens (including phenoxy) is 3. The maximum Gasteiger partial charge on any atom is 0.423 e.